The van der Waals surface area contributed by atoms with Gasteiger partial charge in [-0.25, -0.2) is 0 Å². The fourth-order valence-corrected chi connectivity index (χ4v) is 2.30. The molecule has 0 bridgehead atoms. The van der Waals surface area contributed by atoms with Gasteiger partial charge in [0.25, 0.3) is 0 Å². The predicted octanol–water partition coefficient (Wildman–Crippen LogP) is 5.50. The van der Waals surface area contributed by atoms with Crippen LogP contribution in [-0.4, -0.2) is 18.3 Å². The number of halogens is 6. The summed E-state index contributed by atoms with van der Waals surface area (Å²) < 4.78 is 78.5. The third kappa shape index (κ3) is 5.81. The van der Waals surface area contributed by atoms with Gasteiger partial charge in [0.2, 0.25) is 0 Å². The zero-order valence-corrected chi connectivity index (χ0v) is 12.6. The maximum Gasteiger partial charge on any atom is 0.573 e. The van der Waals surface area contributed by atoms with Crippen LogP contribution in [0.1, 0.15) is 28.3 Å². The molecule has 0 saturated carbocycles. The summed E-state index contributed by atoms with van der Waals surface area (Å²) in [4.78, 5) is 12.5. The molecule has 134 valence electrons. The van der Waals surface area contributed by atoms with Gasteiger partial charge >= 0.3 is 12.5 Å². The zero-order valence-electron chi connectivity index (χ0n) is 12.6. The van der Waals surface area contributed by atoms with Crippen molar-refractivity contribution in [2.45, 2.75) is 24.9 Å². The molecule has 0 aromatic heterocycles. The van der Waals surface area contributed by atoms with Crippen molar-refractivity contribution in [3.8, 4) is 5.75 Å². The van der Waals surface area contributed by atoms with Crippen LogP contribution in [0.5, 0.6) is 5.75 Å². The summed E-state index contributed by atoms with van der Waals surface area (Å²) in [7, 11) is 0. The summed E-state index contributed by atoms with van der Waals surface area (Å²) in [6, 6.07) is 11.2. The maximum atomic E-state index is 12.8. The first-order chi connectivity index (χ1) is 11.6. The van der Waals surface area contributed by atoms with E-state index in [0.717, 1.165) is 24.3 Å². The molecule has 0 aliphatic heterocycles. The first-order valence-electron chi connectivity index (χ1n) is 7.07. The highest BCUT2D eigenvalue weighted by molar-refractivity contribution is 6.01. The second-order valence-electron chi connectivity index (χ2n) is 5.22. The molecule has 25 heavy (non-hydrogen) atoms. The van der Waals surface area contributed by atoms with Crippen LogP contribution in [-0.2, 0) is 0 Å². The van der Waals surface area contributed by atoms with Crippen molar-refractivity contribution in [3.05, 3.63) is 65.7 Å². The van der Waals surface area contributed by atoms with Gasteiger partial charge in [-0.05, 0) is 29.8 Å². The molecule has 0 saturated heterocycles. The summed E-state index contributed by atoms with van der Waals surface area (Å²) in [5.74, 6) is -2.87. The van der Waals surface area contributed by atoms with Crippen LogP contribution >= 0.6 is 0 Å². The summed E-state index contributed by atoms with van der Waals surface area (Å²) in [5.41, 5.74) is 0.0491. The molecule has 1 unspecified atom stereocenters. The monoisotopic (exact) mass is 362 g/mol. The van der Waals surface area contributed by atoms with E-state index >= 15 is 0 Å². The lowest BCUT2D eigenvalue weighted by atomic mass is 9.88. The molecule has 0 aliphatic rings. The second kappa shape index (κ2) is 7.16. The van der Waals surface area contributed by atoms with Crippen molar-refractivity contribution in [1.29, 1.82) is 0 Å². The Morgan fingerprint density at radius 3 is 1.92 bits per heavy atom. The minimum absolute atomic E-state index is 0.132. The number of ketones is 1. The average Bonchev–Trinajstić information content (AvgIpc) is 2.51. The number of carbonyl (C=O) groups is 1. The number of Topliss-reactive ketones (excluding diaryl/α,β-unsaturated/α-hetero) is 1. The van der Waals surface area contributed by atoms with Crippen molar-refractivity contribution in [1.82, 2.24) is 0 Å². The van der Waals surface area contributed by atoms with E-state index in [1.165, 1.54) is 24.3 Å². The van der Waals surface area contributed by atoms with Crippen LogP contribution in [0.25, 0.3) is 0 Å². The Bertz CT molecular complexity index is 705. The minimum Gasteiger partial charge on any atom is -0.406 e. The molecule has 0 spiro atoms. The van der Waals surface area contributed by atoms with Gasteiger partial charge in [-0.2, -0.15) is 13.2 Å². The minimum atomic E-state index is -4.89. The van der Waals surface area contributed by atoms with Gasteiger partial charge in [-0.3, -0.25) is 4.79 Å². The highest BCUT2D eigenvalue weighted by Crippen LogP contribution is 2.34. The van der Waals surface area contributed by atoms with E-state index in [1.54, 1.807) is 6.07 Å². The van der Waals surface area contributed by atoms with Crippen molar-refractivity contribution in [2.75, 3.05) is 0 Å². The number of benzene rings is 2. The Balaban J connectivity index is 2.27. The van der Waals surface area contributed by atoms with Crippen LogP contribution in [0, 0.1) is 0 Å². The van der Waals surface area contributed by atoms with Gasteiger partial charge in [0.05, 0.1) is 12.3 Å². The Kier molecular flexibility index (Phi) is 5.39. The molecule has 0 fully saturated rings. The average molecular weight is 362 g/mol. The fourth-order valence-electron chi connectivity index (χ4n) is 2.30. The van der Waals surface area contributed by atoms with Crippen molar-refractivity contribution >= 4 is 5.78 Å². The van der Waals surface area contributed by atoms with Crippen LogP contribution in [0.15, 0.2) is 54.6 Å². The number of alkyl halides is 6. The van der Waals surface area contributed by atoms with Gasteiger partial charge in [0.1, 0.15) is 5.75 Å². The predicted molar refractivity (Wildman–Crippen MR) is 77.3 cm³/mol. The number of hydrogen-bond donors (Lipinski definition) is 0. The molecule has 2 rings (SSSR count). The molecule has 0 heterocycles. The van der Waals surface area contributed by atoms with E-state index in [2.05, 4.69) is 4.74 Å². The maximum absolute atomic E-state index is 12.8. The largest absolute Gasteiger partial charge is 0.573 e. The summed E-state index contributed by atoms with van der Waals surface area (Å²) in [5, 5.41) is 0. The summed E-state index contributed by atoms with van der Waals surface area (Å²) >= 11 is 0. The standard InChI is InChI=1S/C17H12F6O2/c18-16(19,20)10-14(11-4-2-1-3-5-11)15(24)12-6-8-13(9-7-12)25-17(21,22)23/h1-9,14H,10H2. The Hall–Kier alpha value is -2.51. The van der Waals surface area contributed by atoms with Gasteiger partial charge in [-0.15, -0.1) is 13.2 Å². The Morgan fingerprint density at radius 1 is 0.880 bits per heavy atom. The first-order valence-corrected chi connectivity index (χ1v) is 7.07. The Morgan fingerprint density at radius 2 is 1.44 bits per heavy atom. The van der Waals surface area contributed by atoms with Gasteiger partial charge in [0, 0.05) is 5.56 Å². The fraction of sp³-hybridized carbons (Fsp3) is 0.235. The third-order valence-corrected chi connectivity index (χ3v) is 3.33. The molecule has 2 aromatic carbocycles. The van der Waals surface area contributed by atoms with Crippen LogP contribution < -0.4 is 4.74 Å². The van der Waals surface area contributed by atoms with E-state index < -0.39 is 36.4 Å². The van der Waals surface area contributed by atoms with Gasteiger partial charge < -0.3 is 4.74 Å². The van der Waals surface area contributed by atoms with E-state index in [0.29, 0.717) is 0 Å². The molecule has 2 aromatic rings. The molecule has 0 aliphatic carbocycles. The molecular formula is C17H12F6O2. The zero-order chi connectivity index (χ0) is 18.7. The highest BCUT2D eigenvalue weighted by atomic mass is 19.4. The van der Waals surface area contributed by atoms with E-state index in [-0.39, 0.29) is 11.1 Å². The van der Waals surface area contributed by atoms with Crippen LogP contribution in [0.4, 0.5) is 26.3 Å². The van der Waals surface area contributed by atoms with Gasteiger partial charge in [-0.1, -0.05) is 30.3 Å². The lowest BCUT2D eigenvalue weighted by Crippen LogP contribution is -2.21. The number of hydrogen-bond acceptors (Lipinski definition) is 2. The molecule has 0 amide bonds. The lowest BCUT2D eigenvalue weighted by Gasteiger charge is -2.18. The smallest absolute Gasteiger partial charge is 0.406 e. The number of carbonyl (C=O) groups excluding carboxylic acids is 1. The van der Waals surface area contributed by atoms with Crippen molar-refractivity contribution in [2.24, 2.45) is 0 Å². The SMILES string of the molecule is O=C(c1ccc(OC(F)(F)F)cc1)C(CC(F)(F)F)c1ccccc1. The molecule has 1 atom stereocenters. The van der Waals surface area contributed by atoms with Crippen molar-refractivity contribution in [3.63, 3.8) is 0 Å². The van der Waals surface area contributed by atoms with Gasteiger partial charge in [0.15, 0.2) is 5.78 Å². The van der Waals surface area contributed by atoms with E-state index in [4.69, 9.17) is 0 Å². The topological polar surface area (TPSA) is 26.3 Å². The van der Waals surface area contributed by atoms with Crippen molar-refractivity contribution < 1.29 is 35.9 Å². The van der Waals surface area contributed by atoms with Crippen LogP contribution in [0.2, 0.25) is 0 Å². The van der Waals surface area contributed by atoms with E-state index in [1.807, 2.05) is 0 Å². The normalized spacial score (nSPS) is 13.4. The summed E-state index contributed by atoms with van der Waals surface area (Å²) in [6.45, 7) is 0. The molecular weight excluding hydrogens is 350 g/mol. The molecule has 8 heteroatoms. The quantitative estimate of drug-likeness (QED) is 0.518. The number of ether oxygens (including phenoxy) is 1. The summed E-state index contributed by atoms with van der Waals surface area (Å²) in [6.07, 6.45) is -10.8. The number of rotatable bonds is 5. The third-order valence-electron chi connectivity index (χ3n) is 3.33. The lowest BCUT2D eigenvalue weighted by molar-refractivity contribution is -0.274. The first kappa shape index (κ1) is 18.8. The molecule has 0 radical (unpaired) electrons. The second-order valence-corrected chi connectivity index (χ2v) is 5.22. The molecule has 0 N–H and O–H groups in total. The highest BCUT2D eigenvalue weighted by Gasteiger charge is 2.36. The Labute approximate surface area is 139 Å². The van der Waals surface area contributed by atoms with Crippen LogP contribution in [0.3, 0.4) is 0 Å². The van der Waals surface area contributed by atoms with E-state index in [9.17, 15) is 31.1 Å². The molecule has 2 nitrogen and oxygen atoms in total.